The largest absolute Gasteiger partial charge is 0.393 e. The molecule has 7 heteroatoms. The van der Waals surface area contributed by atoms with Gasteiger partial charge in [0.1, 0.15) is 18.1 Å². The number of halogens is 1. The Morgan fingerprint density at radius 2 is 2.31 bits per heavy atom. The third-order valence-electron chi connectivity index (χ3n) is 2.67. The van der Waals surface area contributed by atoms with E-state index >= 15 is 0 Å². The summed E-state index contributed by atoms with van der Waals surface area (Å²) in [6.07, 6.45) is 2.93. The number of amides is 1. The van der Waals surface area contributed by atoms with Crippen molar-refractivity contribution in [2.45, 2.75) is 18.9 Å². The van der Waals surface area contributed by atoms with Crippen LogP contribution >= 0.6 is 11.6 Å². The molecular weight excluding hydrogens is 230 g/mol. The molecule has 0 spiro atoms. The van der Waals surface area contributed by atoms with Gasteiger partial charge >= 0.3 is 0 Å². The minimum atomic E-state index is -0.369. The van der Waals surface area contributed by atoms with Gasteiger partial charge in [-0.05, 0) is 12.8 Å². The second kappa shape index (κ2) is 4.13. The highest BCUT2D eigenvalue weighted by molar-refractivity contribution is 6.32. The van der Waals surface area contributed by atoms with Gasteiger partial charge in [0.05, 0.1) is 0 Å². The van der Waals surface area contributed by atoms with Crippen molar-refractivity contribution in [2.75, 3.05) is 17.2 Å². The first-order chi connectivity index (χ1) is 7.61. The Hall–Kier alpha value is -1.56. The molecular formula is C9H12ClN5O. The highest BCUT2D eigenvalue weighted by Gasteiger charge is 2.31. The third-order valence-corrected chi connectivity index (χ3v) is 2.97. The maximum absolute atomic E-state index is 11.2. The minimum Gasteiger partial charge on any atom is -0.393 e. The molecule has 4 N–H and O–H groups in total. The van der Waals surface area contributed by atoms with Crippen molar-refractivity contribution in [2.24, 2.45) is 5.73 Å². The van der Waals surface area contributed by atoms with Crippen LogP contribution in [0, 0.1) is 0 Å². The maximum atomic E-state index is 11.2. The summed E-state index contributed by atoms with van der Waals surface area (Å²) >= 11 is 5.80. The number of nitrogens with zero attached hydrogens (tertiary/aromatic N) is 3. The van der Waals surface area contributed by atoms with Gasteiger partial charge in [-0.2, -0.15) is 0 Å². The Kier molecular flexibility index (Phi) is 2.82. The predicted octanol–water partition coefficient (Wildman–Crippen LogP) is 0.166. The lowest BCUT2D eigenvalue weighted by molar-refractivity contribution is -0.119. The first-order valence-corrected chi connectivity index (χ1v) is 5.31. The van der Waals surface area contributed by atoms with Crippen LogP contribution in [-0.2, 0) is 4.79 Å². The highest BCUT2D eigenvalue weighted by Crippen LogP contribution is 2.31. The normalized spacial score (nSPS) is 20.1. The van der Waals surface area contributed by atoms with E-state index in [1.807, 2.05) is 0 Å². The van der Waals surface area contributed by atoms with Crippen molar-refractivity contribution in [1.82, 2.24) is 9.97 Å². The van der Waals surface area contributed by atoms with Gasteiger partial charge in [0.15, 0.2) is 11.0 Å². The Morgan fingerprint density at radius 1 is 1.56 bits per heavy atom. The zero-order chi connectivity index (χ0) is 11.7. The van der Waals surface area contributed by atoms with Crippen LogP contribution in [0.2, 0.25) is 5.15 Å². The van der Waals surface area contributed by atoms with Crippen LogP contribution in [0.5, 0.6) is 0 Å². The second-order valence-electron chi connectivity index (χ2n) is 3.66. The van der Waals surface area contributed by atoms with Gasteiger partial charge in [-0.1, -0.05) is 11.6 Å². The van der Waals surface area contributed by atoms with Crippen molar-refractivity contribution in [1.29, 1.82) is 0 Å². The maximum Gasteiger partial charge on any atom is 0.240 e. The van der Waals surface area contributed by atoms with Crippen molar-refractivity contribution in [3.8, 4) is 0 Å². The Bertz CT molecular complexity index is 424. The van der Waals surface area contributed by atoms with Gasteiger partial charge in [-0.3, -0.25) is 4.79 Å². The van der Waals surface area contributed by atoms with Gasteiger partial charge in [0.25, 0.3) is 0 Å². The fourth-order valence-electron chi connectivity index (χ4n) is 1.91. The van der Waals surface area contributed by atoms with Crippen molar-refractivity contribution >= 4 is 29.0 Å². The smallest absolute Gasteiger partial charge is 0.240 e. The minimum absolute atomic E-state index is 0.195. The summed E-state index contributed by atoms with van der Waals surface area (Å²) in [7, 11) is 0. The lowest BCUT2D eigenvalue weighted by Gasteiger charge is -2.24. The van der Waals surface area contributed by atoms with Crippen LogP contribution in [0.15, 0.2) is 6.33 Å². The number of nitrogens with two attached hydrogens (primary N) is 2. The molecule has 0 bridgehead atoms. The number of primary amides is 1. The molecule has 0 aromatic carbocycles. The van der Waals surface area contributed by atoms with Crippen LogP contribution in [0.25, 0.3) is 0 Å². The fourth-order valence-corrected chi connectivity index (χ4v) is 2.04. The molecule has 1 unspecified atom stereocenters. The first-order valence-electron chi connectivity index (χ1n) is 4.93. The molecule has 1 amide bonds. The molecule has 1 aliphatic heterocycles. The molecule has 1 aromatic rings. The molecule has 0 radical (unpaired) electrons. The molecule has 1 fully saturated rings. The lowest BCUT2D eigenvalue weighted by atomic mass is 10.2. The molecule has 0 saturated carbocycles. The molecule has 6 nitrogen and oxygen atoms in total. The Labute approximate surface area is 97.6 Å². The van der Waals surface area contributed by atoms with E-state index in [0.717, 1.165) is 12.8 Å². The second-order valence-corrected chi connectivity index (χ2v) is 4.01. The van der Waals surface area contributed by atoms with E-state index in [1.54, 1.807) is 4.90 Å². The van der Waals surface area contributed by atoms with Crippen LogP contribution in [0.1, 0.15) is 12.8 Å². The van der Waals surface area contributed by atoms with Crippen molar-refractivity contribution in [3.05, 3.63) is 11.5 Å². The van der Waals surface area contributed by atoms with Crippen molar-refractivity contribution < 1.29 is 4.79 Å². The molecule has 1 aromatic heterocycles. The highest BCUT2D eigenvalue weighted by atomic mass is 35.5. The molecule has 1 atom stereocenters. The number of nitrogen functional groups attached to an aromatic ring is 1. The zero-order valence-electron chi connectivity index (χ0n) is 8.56. The number of carbonyl (C=O) groups is 1. The Balaban J connectivity index is 2.36. The first kappa shape index (κ1) is 10.9. The number of carbonyl (C=O) groups excluding carboxylic acids is 1. The number of hydrogen-bond acceptors (Lipinski definition) is 5. The average molecular weight is 242 g/mol. The number of anilines is 2. The molecule has 16 heavy (non-hydrogen) atoms. The van der Waals surface area contributed by atoms with Gasteiger partial charge in [-0.15, -0.1) is 0 Å². The van der Waals surface area contributed by atoms with E-state index in [0.29, 0.717) is 12.4 Å². The number of rotatable bonds is 2. The van der Waals surface area contributed by atoms with Gasteiger partial charge in [0.2, 0.25) is 5.91 Å². The van der Waals surface area contributed by atoms with E-state index in [4.69, 9.17) is 23.1 Å². The predicted molar refractivity (Wildman–Crippen MR) is 61.0 cm³/mol. The lowest BCUT2D eigenvalue weighted by Crippen LogP contribution is -2.41. The van der Waals surface area contributed by atoms with Crippen molar-refractivity contribution in [3.63, 3.8) is 0 Å². The summed E-state index contributed by atoms with van der Waals surface area (Å²) in [5, 5.41) is 0.195. The third kappa shape index (κ3) is 1.76. The quantitative estimate of drug-likeness (QED) is 0.719. The van der Waals surface area contributed by atoms with Crippen LogP contribution in [0.4, 0.5) is 11.5 Å². The van der Waals surface area contributed by atoms with E-state index in [2.05, 4.69) is 9.97 Å². The van der Waals surface area contributed by atoms with Gasteiger partial charge in [-0.25, -0.2) is 9.97 Å². The van der Waals surface area contributed by atoms with Gasteiger partial charge < -0.3 is 16.4 Å². The molecule has 1 aliphatic rings. The SMILES string of the molecule is NC(=O)C1CCCN1c1ncnc(Cl)c1N. The molecule has 0 aliphatic carbocycles. The summed E-state index contributed by atoms with van der Waals surface area (Å²) in [5.41, 5.74) is 11.4. The molecule has 1 saturated heterocycles. The fraction of sp³-hybridized carbons (Fsp3) is 0.444. The Morgan fingerprint density at radius 3 is 3.00 bits per heavy atom. The van der Waals surface area contributed by atoms with Crippen LogP contribution < -0.4 is 16.4 Å². The van der Waals surface area contributed by atoms with Crippen LogP contribution in [0.3, 0.4) is 0 Å². The topological polar surface area (TPSA) is 98.1 Å². The standard InChI is InChI=1S/C9H12ClN5O/c10-7-6(11)9(14-4-13-7)15-3-1-2-5(15)8(12)16/h4-5H,1-3,11H2,(H2,12,16). The van der Waals surface area contributed by atoms with E-state index in [9.17, 15) is 4.79 Å². The molecule has 2 rings (SSSR count). The zero-order valence-corrected chi connectivity index (χ0v) is 9.31. The monoisotopic (exact) mass is 241 g/mol. The van der Waals surface area contributed by atoms with Gasteiger partial charge in [0, 0.05) is 6.54 Å². The summed E-state index contributed by atoms with van der Waals surface area (Å²) in [6, 6.07) is -0.353. The molecule has 86 valence electrons. The summed E-state index contributed by atoms with van der Waals surface area (Å²) in [6.45, 7) is 0.700. The summed E-state index contributed by atoms with van der Waals surface area (Å²) in [4.78, 5) is 20.8. The average Bonchev–Trinajstić information content (AvgIpc) is 2.70. The van der Waals surface area contributed by atoms with E-state index < -0.39 is 0 Å². The van der Waals surface area contributed by atoms with Crippen LogP contribution in [-0.4, -0.2) is 28.5 Å². The summed E-state index contributed by atoms with van der Waals surface area (Å²) in [5.74, 6) is 0.118. The summed E-state index contributed by atoms with van der Waals surface area (Å²) < 4.78 is 0. The van der Waals surface area contributed by atoms with E-state index in [-0.39, 0.29) is 22.8 Å². The number of hydrogen-bond donors (Lipinski definition) is 2. The molecule has 2 heterocycles. The van der Waals surface area contributed by atoms with E-state index in [1.165, 1.54) is 6.33 Å². The number of aromatic nitrogens is 2.